The minimum Gasteiger partial charge on any atom is -0.458 e. The first kappa shape index (κ1) is 26.5. The number of carbonyl (C=O) groups is 2. The molecule has 0 aliphatic rings. The van der Waals surface area contributed by atoms with Gasteiger partial charge in [0.25, 0.3) is 5.91 Å². The molecule has 0 saturated heterocycles. The summed E-state index contributed by atoms with van der Waals surface area (Å²) >= 11 is 0. The number of fused-ring (bicyclic) bond motifs is 1. The first-order valence-corrected chi connectivity index (χ1v) is 13.3. The molecule has 0 aliphatic heterocycles. The molecule has 1 N–H and O–H groups in total. The Labute approximate surface area is 240 Å². The Balaban J connectivity index is 1.38. The van der Waals surface area contributed by atoms with E-state index in [2.05, 4.69) is 30.7 Å². The minimum absolute atomic E-state index is 0.251. The maximum absolute atomic E-state index is 14.1. The van der Waals surface area contributed by atoms with Gasteiger partial charge in [-0.2, -0.15) is 4.80 Å². The van der Waals surface area contributed by atoms with Gasteiger partial charge in [0.05, 0.1) is 17.4 Å². The molecule has 0 spiro atoms. The molecule has 0 bridgehead atoms. The van der Waals surface area contributed by atoms with Crippen LogP contribution in [0.4, 0.5) is 5.69 Å². The summed E-state index contributed by atoms with van der Waals surface area (Å²) in [5, 5.41) is 16.3. The van der Waals surface area contributed by atoms with Crippen LogP contribution in [0.1, 0.15) is 22.9 Å². The Morgan fingerprint density at radius 1 is 0.976 bits per heavy atom. The highest BCUT2D eigenvalue weighted by atomic mass is 16.3. The molecule has 0 radical (unpaired) electrons. The first-order valence-electron chi connectivity index (χ1n) is 13.3. The Morgan fingerprint density at radius 3 is 2.55 bits per heavy atom. The van der Waals surface area contributed by atoms with Gasteiger partial charge in [0, 0.05) is 24.3 Å². The highest BCUT2D eigenvalue weighted by Crippen LogP contribution is 2.30. The van der Waals surface area contributed by atoms with Crippen LogP contribution in [0.5, 0.6) is 0 Å². The third kappa shape index (κ3) is 5.75. The van der Waals surface area contributed by atoms with Gasteiger partial charge in [0.2, 0.25) is 11.7 Å². The molecule has 208 valence electrons. The summed E-state index contributed by atoms with van der Waals surface area (Å²) in [7, 11) is 0. The van der Waals surface area contributed by atoms with Crippen LogP contribution in [0.2, 0.25) is 0 Å². The molecule has 6 aromatic rings. The van der Waals surface area contributed by atoms with Crippen molar-refractivity contribution in [3.8, 4) is 11.6 Å². The molecule has 0 saturated carbocycles. The fraction of sp³-hybridized carbons (Fsp3) is 0.129. The van der Waals surface area contributed by atoms with Gasteiger partial charge in [-0.3, -0.25) is 24.5 Å². The van der Waals surface area contributed by atoms with E-state index in [-0.39, 0.29) is 24.8 Å². The summed E-state index contributed by atoms with van der Waals surface area (Å²) in [5.74, 6) is 0.583. The first-order chi connectivity index (χ1) is 20.5. The fourth-order valence-corrected chi connectivity index (χ4v) is 4.63. The van der Waals surface area contributed by atoms with Gasteiger partial charge >= 0.3 is 0 Å². The smallest absolute Gasteiger partial charge is 0.251 e. The zero-order chi connectivity index (χ0) is 28.9. The SMILES string of the molecule is Cc1ccc(-c2nnn(CC(=O)N(c3cnc4ccccc4c3)[C@H](C(=O)NCc3ccccc3)c3ccncc3)n2)o1. The molecule has 0 aliphatic carbocycles. The minimum atomic E-state index is -1.04. The number of rotatable bonds is 9. The lowest BCUT2D eigenvalue weighted by molar-refractivity contribution is -0.127. The standard InChI is InChI=1S/C31H26N8O3/c1-21-11-12-27(42-21)30-35-37-38(36-30)20-28(40)39(25-17-24-9-5-6-10-26(24)33-19-25)29(23-13-15-32-16-14-23)31(41)34-18-22-7-3-2-4-8-22/h2-17,19,29H,18,20H2,1H3,(H,34,41)/t29-/m0/s1. The number of para-hydroxylation sites is 1. The number of nitrogens with one attached hydrogen (secondary N) is 1. The van der Waals surface area contributed by atoms with E-state index in [0.29, 0.717) is 22.8 Å². The Hall–Kier alpha value is -5.71. The number of pyridine rings is 2. The lowest BCUT2D eigenvalue weighted by atomic mass is 10.0. The summed E-state index contributed by atoms with van der Waals surface area (Å²) in [4.78, 5) is 39.4. The van der Waals surface area contributed by atoms with Gasteiger partial charge in [-0.1, -0.05) is 48.5 Å². The summed E-state index contributed by atoms with van der Waals surface area (Å²) in [6.07, 6.45) is 4.76. The Kier molecular flexibility index (Phi) is 7.45. The van der Waals surface area contributed by atoms with Crippen LogP contribution in [-0.2, 0) is 22.7 Å². The number of tetrazole rings is 1. The van der Waals surface area contributed by atoms with Crippen LogP contribution in [0, 0.1) is 6.92 Å². The Morgan fingerprint density at radius 2 is 1.76 bits per heavy atom. The average Bonchev–Trinajstić information content (AvgIpc) is 3.68. The second-order valence-electron chi connectivity index (χ2n) is 9.59. The number of aryl methyl sites for hydroxylation is 1. The number of nitrogens with zero attached hydrogens (tertiary/aromatic N) is 7. The largest absolute Gasteiger partial charge is 0.458 e. The predicted octanol–water partition coefficient (Wildman–Crippen LogP) is 4.28. The van der Waals surface area contributed by atoms with Crippen LogP contribution in [-0.4, -0.2) is 42.0 Å². The maximum atomic E-state index is 14.1. The second-order valence-corrected chi connectivity index (χ2v) is 9.59. The number of benzene rings is 2. The third-order valence-electron chi connectivity index (χ3n) is 6.65. The van der Waals surface area contributed by atoms with Crippen molar-refractivity contribution in [3.63, 3.8) is 0 Å². The third-order valence-corrected chi connectivity index (χ3v) is 6.65. The topological polar surface area (TPSA) is 132 Å². The maximum Gasteiger partial charge on any atom is 0.251 e. The van der Waals surface area contributed by atoms with E-state index < -0.39 is 11.9 Å². The van der Waals surface area contributed by atoms with E-state index >= 15 is 0 Å². The fourth-order valence-electron chi connectivity index (χ4n) is 4.63. The molecule has 6 rings (SSSR count). The van der Waals surface area contributed by atoms with Gasteiger partial charge in [0.15, 0.2) is 5.76 Å². The highest BCUT2D eigenvalue weighted by molar-refractivity contribution is 6.02. The second kappa shape index (κ2) is 11.8. The number of anilines is 1. The normalized spacial score (nSPS) is 11.7. The molecule has 4 heterocycles. The number of aromatic nitrogens is 6. The van der Waals surface area contributed by atoms with Crippen LogP contribution in [0.25, 0.3) is 22.5 Å². The molecule has 1 atom stereocenters. The van der Waals surface area contributed by atoms with E-state index in [1.165, 1.54) is 9.70 Å². The molecular weight excluding hydrogens is 532 g/mol. The van der Waals surface area contributed by atoms with Crippen LogP contribution in [0.15, 0.2) is 108 Å². The number of furan rings is 1. The average molecular weight is 559 g/mol. The zero-order valence-electron chi connectivity index (χ0n) is 22.7. The van der Waals surface area contributed by atoms with Crippen LogP contribution in [0.3, 0.4) is 0 Å². The van der Waals surface area contributed by atoms with Gasteiger partial charge in [-0.25, -0.2) is 0 Å². The van der Waals surface area contributed by atoms with Gasteiger partial charge < -0.3 is 9.73 Å². The molecular formula is C31H26N8O3. The van der Waals surface area contributed by atoms with Crippen molar-refractivity contribution >= 4 is 28.4 Å². The number of hydrogen-bond donors (Lipinski definition) is 1. The molecule has 2 aromatic carbocycles. The van der Waals surface area contributed by atoms with Crippen LogP contribution >= 0.6 is 0 Å². The van der Waals surface area contributed by atoms with Crippen molar-refractivity contribution < 1.29 is 14.0 Å². The van der Waals surface area contributed by atoms with Gasteiger partial charge in [-0.15, -0.1) is 10.2 Å². The van der Waals surface area contributed by atoms with Crippen molar-refractivity contribution in [3.05, 3.63) is 120 Å². The molecule has 4 aromatic heterocycles. The highest BCUT2D eigenvalue weighted by Gasteiger charge is 2.33. The summed E-state index contributed by atoms with van der Waals surface area (Å²) in [5.41, 5.74) is 2.71. The zero-order valence-corrected chi connectivity index (χ0v) is 22.7. The van der Waals surface area contributed by atoms with Crippen molar-refractivity contribution in [2.24, 2.45) is 0 Å². The van der Waals surface area contributed by atoms with Crippen molar-refractivity contribution in [1.82, 2.24) is 35.5 Å². The van der Waals surface area contributed by atoms with Gasteiger partial charge in [-0.05, 0) is 59.7 Å². The van der Waals surface area contributed by atoms with Crippen molar-refractivity contribution in [1.29, 1.82) is 0 Å². The van der Waals surface area contributed by atoms with E-state index in [4.69, 9.17) is 4.42 Å². The molecule has 0 fully saturated rings. The monoisotopic (exact) mass is 558 g/mol. The van der Waals surface area contributed by atoms with Crippen molar-refractivity contribution in [2.75, 3.05) is 4.90 Å². The number of hydrogen-bond acceptors (Lipinski definition) is 8. The van der Waals surface area contributed by atoms with E-state index in [0.717, 1.165) is 16.5 Å². The summed E-state index contributed by atoms with van der Waals surface area (Å²) in [6, 6.07) is 24.9. The predicted molar refractivity (Wildman–Crippen MR) is 155 cm³/mol. The van der Waals surface area contributed by atoms with E-state index in [1.807, 2.05) is 67.6 Å². The molecule has 0 unspecified atom stereocenters. The molecule has 42 heavy (non-hydrogen) atoms. The molecule has 11 nitrogen and oxygen atoms in total. The van der Waals surface area contributed by atoms with E-state index in [9.17, 15) is 9.59 Å². The van der Waals surface area contributed by atoms with E-state index in [1.54, 1.807) is 42.9 Å². The summed E-state index contributed by atoms with van der Waals surface area (Å²) in [6.45, 7) is 1.82. The summed E-state index contributed by atoms with van der Waals surface area (Å²) < 4.78 is 5.60. The number of amides is 2. The van der Waals surface area contributed by atoms with Crippen LogP contribution < -0.4 is 10.2 Å². The molecule has 11 heteroatoms. The molecule has 2 amide bonds. The van der Waals surface area contributed by atoms with Gasteiger partial charge in [0.1, 0.15) is 18.3 Å². The van der Waals surface area contributed by atoms with Crippen molar-refractivity contribution in [2.45, 2.75) is 26.1 Å². The lowest BCUT2D eigenvalue weighted by Gasteiger charge is -2.31. The lowest BCUT2D eigenvalue weighted by Crippen LogP contribution is -2.45. The number of carbonyl (C=O) groups excluding carboxylic acids is 2. The Bertz CT molecular complexity index is 1840. The quantitative estimate of drug-likeness (QED) is 0.278.